The van der Waals surface area contributed by atoms with Gasteiger partial charge in [-0.25, -0.2) is 0 Å². The predicted molar refractivity (Wildman–Crippen MR) is 68.5 cm³/mol. The zero-order valence-electron chi connectivity index (χ0n) is 9.99. The van der Waals surface area contributed by atoms with Crippen molar-refractivity contribution >= 4 is 17.2 Å². The highest BCUT2D eigenvalue weighted by atomic mass is 32.1. The molecule has 0 radical (unpaired) electrons. The highest BCUT2D eigenvalue weighted by molar-refractivity contribution is 7.08. The molecule has 1 unspecified atom stereocenters. The van der Waals surface area contributed by atoms with Gasteiger partial charge in [-0.05, 0) is 30.8 Å². The number of hydrogen-bond donors (Lipinski definition) is 2. The molecule has 1 amide bonds. The number of nitrogens with one attached hydrogen (secondary N) is 2. The summed E-state index contributed by atoms with van der Waals surface area (Å²) in [6, 6.07) is 1.84. The number of methoxy groups -OCH3 is 1. The molecule has 2 N–H and O–H groups in total. The average Bonchev–Trinajstić information content (AvgIpc) is 2.98. The minimum atomic E-state index is -0.0829. The lowest BCUT2D eigenvalue weighted by Crippen LogP contribution is -2.52. The molecule has 17 heavy (non-hydrogen) atoms. The fourth-order valence-electron chi connectivity index (χ4n) is 2.22. The van der Waals surface area contributed by atoms with Crippen LogP contribution in [0.5, 0.6) is 0 Å². The van der Waals surface area contributed by atoms with Crippen LogP contribution in [0.1, 0.15) is 23.2 Å². The molecule has 4 nitrogen and oxygen atoms in total. The normalized spacial score (nSPS) is 23.8. The summed E-state index contributed by atoms with van der Waals surface area (Å²) in [4.78, 5) is 11.8. The van der Waals surface area contributed by atoms with E-state index in [1.807, 2.05) is 16.8 Å². The molecule has 1 saturated heterocycles. The summed E-state index contributed by atoms with van der Waals surface area (Å²) in [7, 11) is 1.70. The Morgan fingerprint density at radius 2 is 2.59 bits per heavy atom. The van der Waals surface area contributed by atoms with Gasteiger partial charge in [-0.15, -0.1) is 0 Å². The van der Waals surface area contributed by atoms with Crippen molar-refractivity contribution in [2.75, 3.05) is 26.8 Å². The molecule has 1 atom stereocenters. The Labute approximate surface area is 105 Å². The maximum absolute atomic E-state index is 11.8. The Morgan fingerprint density at radius 1 is 1.71 bits per heavy atom. The Hall–Kier alpha value is -0.910. The fourth-order valence-corrected chi connectivity index (χ4v) is 2.85. The topological polar surface area (TPSA) is 50.4 Å². The predicted octanol–water partition coefficient (Wildman–Crippen LogP) is 1.25. The first-order chi connectivity index (χ1) is 8.26. The first-order valence-electron chi connectivity index (χ1n) is 5.80. The van der Waals surface area contributed by atoms with E-state index in [1.54, 1.807) is 7.11 Å². The molecule has 1 aromatic heterocycles. The lowest BCUT2D eigenvalue weighted by Gasteiger charge is -2.28. The highest BCUT2D eigenvalue weighted by Gasteiger charge is 2.33. The summed E-state index contributed by atoms with van der Waals surface area (Å²) in [6.07, 6.45) is 2.18. The molecular formula is C12H18N2O2S. The molecule has 0 spiro atoms. The second kappa shape index (κ2) is 5.62. The first-order valence-corrected chi connectivity index (χ1v) is 6.74. The molecule has 0 saturated carbocycles. The van der Waals surface area contributed by atoms with Gasteiger partial charge in [0.25, 0.3) is 5.91 Å². The fraction of sp³-hybridized carbons (Fsp3) is 0.583. The van der Waals surface area contributed by atoms with Crippen LogP contribution in [0.25, 0.3) is 0 Å². The number of carbonyl (C=O) groups is 1. The van der Waals surface area contributed by atoms with E-state index in [9.17, 15) is 4.79 Å². The van der Waals surface area contributed by atoms with Crippen LogP contribution in [0.3, 0.4) is 0 Å². The lowest BCUT2D eigenvalue weighted by molar-refractivity contribution is 0.0892. The van der Waals surface area contributed by atoms with Crippen molar-refractivity contribution < 1.29 is 9.53 Å². The molecule has 1 aliphatic rings. The highest BCUT2D eigenvalue weighted by Crippen LogP contribution is 2.19. The van der Waals surface area contributed by atoms with Crippen molar-refractivity contribution in [2.24, 2.45) is 0 Å². The van der Waals surface area contributed by atoms with Crippen molar-refractivity contribution in [2.45, 2.75) is 18.4 Å². The monoisotopic (exact) mass is 254 g/mol. The van der Waals surface area contributed by atoms with E-state index in [0.29, 0.717) is 13.2 Å². The van der Waals surface area contributed by atoms with Gasteiger partial charge >= 0.3 is 0 Å². The van der Waals surface area contributed by atoms with Crippen LogP contribution < -0.4 is 10.6 Å². The van der Waals surface area contributed by atoms with Gasteiger partial charge in [-0.2, -0.15) is 11.3 Å². The van der Waals surface area contributed by atoms with E-state index >= 15 is 0 Å². The van der Waals surface area contributed by atoms with Gasteiger partial charge < -0.3 is 15.4 Å². The Kier molecular flexibility index (Phi) is 4.15. The van der Waals surface area contributed by atoms with Gasteiger partial charge in [0.15, 0.2) is 0 Å². The zero-order valence-corrected chi connectivity index (χ0v) is 10.8. The lowest BCUT2D eigenvalue weighted by atomic mass is 9.98. The number of hydrogen-bond acceptors (Lipinski definition) is 4. The van der Waals surface area contributed by atoms with Gasteiger partial charge in [-0.3, -0.25) is 4.79 Å². The van der Waals surface area contributed by atoms with Gasteiger partial charge in [0.2, 0.25) is 0 Å². The Balaban J connectivity index is 1.89. The molecule has 1 fully saturated rings. The number of carbonyl (C=O) groups excluding carboxylic acids is 1. The Morgan fingerprint density at radius 3 is 3.18 bits per heavy atom. The number of ether oxygens (including phenoxy) is 1. The summed E-state index contributed by atoms with van der Waals surface area (Å²) in [5, 5.41) is 10.2. The quantitative estimate of drug-likeness (QED) is 0.831. The van der Waals surface area contributed by atoms with Crippen LogP contribution in [0, 0.1) is 0 Å². The van der Waals surface area contributed by atoms with Crippen LogP contribution in [-0.2, 0) is 4.74 Å². The van der Waals surface area contributed by atoms with Crippen LogP contribution >= 0.6 is 11.3 Å². The number of rotatable bonds is 5. The van der Waals surface area contributed by atoms with Crippen molar-refractivity contribution in [3.63, 3.8) is 0 Å². The van der Waals surface area contributed by atoms with Gasteiger partial charge in [0.05, 0.1) is 12.1 Å². The van der Waals surface area contributed by atoms with Crippen LogP contribution in [0.15, 0.2) is 16.8 Å². The summed E-state index contributed by atoms with van der Waals surface area (Å²) in [5.74, 6) is -0.00423. The summed E-state index contributed by atoms with van der Waals surface area (Å²) in [5.41, 5.74) is 0.654. The third kappa shape index (κ3) is 3.06. The summed E-state index contributed by atoms with van der Waals surface area (Å²) >= 11 is 1.53. The molecule has 1 aliphatic heterocycles. The molecule has 0 bridgehead atoms. The van der Waals surface area contributed by atoms with Gasteiger partial charge in [0, 0.05) is 24.6 Å². The standard InChI is InChI=1S/C12H18N2O2S/c1-16-9-12(4-2-5-14-12)8-13-11(15)10-3-6-17-7-10/h3,6-7,14H,2,4-5,8-9H2,1H3,(H,13,15). The van der Waals surface area contributed by atoms with Crippen LogP contribution in [0.4, 0.5) is 0 Å². The van der Waals surface area contributed by atoms with E-state index in [-0.39, 0.29) is 11.4 Å². The second-order valence-electron chi connectivity index (χ2n) is 4.44. The van der Waals surface area contributed by atoms with E-state index < -0.39 is 0 Å². The number of amides is 1. The Bertz CT molecular complexity index is 359. The van der Waals surface area contributed by atoms with Crippen molar-refractivity contribution in [1.29, 1.82) is 0 Å². The molecule has 94 valence electrons. The van der Waals surface area contributed by atoms with E-state index in [4.69, 9.17) is 4.74 Å². The maximum Gasteiger partial charge on any atom is 0.252 e. The average molecular weight is 254 g/mol. The number of thiophene rings is 1. The van der Waals surface area contributed by atoms with E-state index in [2.05, 4.69) is 10.6 Å². The molecule has 2 heterocycles. The van der Waals surface area contributed by atoms with Crippen LogP contribution in [-0.4, -0.2) is 38.3 Å². The maximum atomic E-state index is 11.8. The van der Waals surface area contributed by atoms with Crippen molar-refractivity contribution in [3.8, 4) is 0 Å². The van der Waals surface area contributed by atoms with Gasteiger partial charge in [-0.1, -0.05) is 0 Å². The van der Waals surface area contributed by atoms with E-state index in [0.717, 1.165) is 24.9 Å². The molecule has 2 rings (SSSR count). The largest absolute Gasteiger partial charge is 0.383 e. The molecule has 1 aromatic rings. The third-order valence-corrected chi connectivity index (χ3v) is 3.81. The molecule has 0 aliphatic carbocycles. The molecule has 5 heteroatoms. The molecular weight excluding hydrogens is 236 g/mol. The van der Waals surface area contributed by atoms with Crippen molar-refractivity contribution in [1.82, 2.24) is 10.6 Å². The SMILES string of the molecule is COCC1(CNC(=O)c2ccsc2)CCCN1. The minimum Gasteiger partial charge on any atom is -0.383 e. The molecule has 0 aromatic carbocycles. The van der Waals surface area contributed by atoms with Gasteiger partial charge in [0.1, 0.15) is 0 Å². The second-order valence-corrected chi connectivity index (χ2v) is 5.22. The first kappa shape index (κ1) is 12.5. The summed E-state index contributed by atoms with van der Waals surface area (Å²) < 4.78 is 5.24. The third-order valence-electron chi connectivity index (χ3n) is 3.12. The smallest absolute Gasteiger partial charge is 0.252 e. The van der Waals surface area contributed by atoms with E-state index in [1.165, 1.54) is 11.3 Å². The van der Waals surface area contributed by atoms with Crippen molar-refractivity contribution in [3.05, 3.63) is 22.4 Å². The van der Waals surface area contributed by atoms with Crippen LogP contribution in [0.2, 0.25) is 0 Å². The zero-order chi connectivity index (χ0) is 12.1. The summed E-state index contributed by atoms with van der Waals surface area (Å²) in [6.45, 7) is 2.25. The minimum absolute atomic E-state index is 0.00423.